The number of hydrogen-bond donors (Lipinski definition) is 0. The highest BCUT2D eigenvalue weighted by Crippen LogP contribution is 2.58. The molecule has 1 fully saturated rings. The van der Waals surface area contributed by atoms with Crippen LogP contribution in [-0.4, -0.2) is 17.5 Å². The van der Waals surface area contributed by atoms with E-state index in [1.807, 2.05) is 13.8 Å². The van der Waals surface area contributed by atoms with Crippen LogP contribution in [0.2, 0.25) is 0 Å². The van der Waals surface area contributed by atoms with Gasteiger partial charge in [0.15, 0.2) is 0 Å². The number of carbonyl (C=O) groups excluding carboxylic acids is 2. The quantitative estimate of drug-likeness (QED) is 0.542. The number of aliphatic carboxylic acids is 1. The van der Waals surface area contributed by atoms with Gasteiger partial charge in [0.25, 0.3) is 0 Å². The Morgan fingerprint density at radius 3 is 2.18 bits per heavy atom. The van der Waals surface area contributed by atoms with Crippen LogP contribution in [0.4, 0.5) is 0 Å². The maximum Gasteiger partial charge on any atom is 0.330 e. The summed E-state index contributed by atoms with van der Waals surface area (Å²) in [6.45, 7) is 9.03. The van der Waals surface area contributed by atoms with E-state index in [0.29, 0.717) is 0 Å². The van der Waals surface area contributed by atoms with Crippen LogP contribution in [0.3, 0.4) is 0 Å². The Kier molecular flexibility index (Phi) is 3.37. The van der Waals surface area contributed by atoms with Crippen molar-refractivity contribution in [2.75, 3.05) is 0 Å². The van der Waals surface area contributed by atoms with Crippen molar-refractivity contribution in [2.45, 2.75) is 40.2 Å². The lowest BCUT2D eigenvalue weighted by molar-refractivity contribution is -0.309. The molecule has 0 aromatic rings. The van der Waals surface area contributed by atoms with Crippen LogP contribution in [0.15, 0.2) is 12.2 Å². The fourth-order valence-electron chi connectivity index (χ4n) is 2.01. The zero-order valence-corrected chi connectivity index (χ0v) is 10.9. The Morgan fingerprint density at radius 1 is 1.29 bits per heavy atom. The van der Waals surface area contributed by atoms with Gasteiger partial charge in [0.05, 0.1) is 0 Å². The number of esters is 1. The third-order valence-corrected chi connectivity index (χ3v) is 3.01. The van der Waals surface area contributed by atoms with E-state index in [1.165, 1.54) is 6.08 Å². The summed E-state index contributed by atoms with van der Waals surface area (Å²) >= 11 is 0. The molecule has 2 unspecified atom stereocenters. The van der Waals surface area contributed by atoms with Crippen molar-refractivity contribution in [2.24, 2.45) is 17.3 Å². The Balaban J connectivity index is 2.57. The van der Waals surface area contributed by atoms with Crippen molar-refractivity contribution >= 4 is 11.9 Å². The number of carboxylic acids is 1. The Hall–Kier alpha value is -1.32. The maximum absolute atomic E-state index is 11.4. The van der Waals surface area contributed by atoms with Crippen molar-refractivity contribution in [3.05, 3.63) is 12.2 Å². The molecule has 0 heterocycles. The molecule has 0 saturated heterocycles. The topological polar surface area (TPSA) is 66.4 Å². The number of rotatable bonds is 3. The van der Waals surface area contributed by atoms with Crippen LogP contribution in [-0.2, 0) is 14.3 Å². The third kappa shape index (κ3) is 3.32. The van der Waals surface area contributed by atoms with Gasteiger partial charge in [-0.05, 0) is 32.1 Å². The summed E-state index contributed by atoms with van der Waals surface area (Å²) in [4.78, 5) is 22.2. The van der Waals surface area contributed by atoms with E-state index in [1.54, 1.807) is 26.8 Å². The summed E-state index contributed by atoms with van der Waals surface area (Å²) in [6.07, 6.45) is 2.91. The van der Waals surface area contributed by atoms with Crippen molar-refractivity contribution in [3.8, 4) is 0 Å². The molecular weight excluding hydrogens is 220 g/mol. The van der Waals surface area contributed by atoms with Crippen molar-refractivity contribution in [1.29, 1.82) is 0 Å². The van der Waals surface area contributed by atoms with Gasteiger partial charge in [-0.25, -0.2) is 4.79 Å². The number of ether oxygens (including phenoxy) is 1. The van der Waals surface area contributed by atoms with Crippen LogP contribution < -0.4 is 5.11 Å². The zero-order chi connectivity index (χ0) is 13.4. The van der Waals surface area contributed by atoms with Crippen molar-refractivity contribution < 1.29 is 19.4 Å². The lowest BCUT2D eigenvalue weighted by Gasteiger charge is -2.17. The molecule has 0 aromatic carbocycles. The summed E-state index contributed by atoms with van der Waals surface area (Å²) in [5.74, 6) is -2.17. The average molecular weight is 239 g/mol. The highest BCUT2D eigenvalue weighted by atomic mass is 16.6. The molecule has 0 amide bonds. The van der Waals surface area contributed by atoms with Crippen LogP contribution in [0, 0.1) is 17.3 Å². The standard InChI is InChI=1S/C13H20O4/c1-12(2,3)17-9(14)7-6-8-10(11(15)16)13(8,4)5/h6-8,10H,1-5H3,(H,15,16)/p-1/b7-6+. The largest absolute Gasteiger partial charge is 0.550 e. The predicted octanol–water partition coefficient (Wildman–Crippen LogP) is 0.906. The molecule has 1 saturated carbocycles. The number of carboxylic acid groups (broad SMARTS) is 1. The first-order valence-electron chi connectivity index (χ1n) is 5.68. The molecule has 4 heteroatoms. The molecule has 0 radical (unpaired) electrons. The monoisotopic (exact) mass is 239 g/mol. The van der Waals surface area contributed by atoms with Crippen LogP contribution in [0.1, 0.15) is 34.6 Å². The van der Waals surface area contributed by atoms with Gasteiger partial charge in [-0.1, -0.05) is 19.9 Å². The second-order valence-electron chi connectivity index (χ2n) is 6.04. The normalized spacial score (nSPS) is 26.9. The summed E-state index contributed by atoms with van der Waals surface area (Å²) in [6, 6.07) is 0. The molecule has 1 rings (SSSR count). The fourth-order valence-corrected chi connectivity index (χ4v) is 2.01. The first-order chi connectivity index (χ1) is 7.55. The lowest BCUT2D eigenvalue weighted by Crippen LogP contribution is -2.26. The third-order valence-electron chi connectivity index (χ3n) is 3.01. The van der Waals surface area contributed by atoms with Gasteiger partial charge in [-0.3, -0.25) is 0 Å². The minimum absolute atomic E-state index is 0.153. The lowest BCUT2D eigenvalue weighted by atomic mass is 10.1. The van der Waals surface area contributed by atoms with Crippen LogP contribution in [0.25, 0.3) is 0 Å². The average Bonchev–Trinajstić information content (AvgIpc) is 2.61. The maximum atomic E-state index is 11.4. The predicted molar refractivity (Wildman–Crippen MR) is 60.8 cm³/mol. The van der Waals surface area contributed by atoms with Crippen LogP contribution >= 0.6 is 0 Å². The van der Waals surface area contributed by atoms with E-state index in [4.69, 9.17) is 4.74 Å². The summed E-state index contributed by atoms with van der Waals surface area (Å²) in [7, 11) is 0. The Bertz CT molecular complexity index is 360. The van der Waals surface area contributed by atoms with Crippen molar-refractivity contribution in [3.63, 3.8) is 0 Å². The van der Waals surface area contributed by atoms with Gasteiger partial charge in [-0.15, -0.1) is 0 Å². The van der Waals surface area contributed by atoms with Gasteiger partial charge in [0, 0.05) is 18.0 Å². The number of allylic oxidation sites excluding steroid dienone is 1. The highest BCUT2D eigenvalue weighted by molar-refractivity contribution is 5.83. The summed E-state index contributed by atoms with van der Waals surface area (Å²) in [5.41, 5.74) is -0.869. The fraction of sp³-hybridized carbons (Fsp3) is 0.692. The number of hydrogen-bond acceptors (Lipinski definition) is 4. The first-order valence-corrected chi connectivity index (χ1v) is 5.68. The molecule has 17 heavy (non-hydrogen) atoms. The second-order valence-corrected chi connectivity index (χ2v) is 6.04. The molecule has 0 aromatic heterocycles. The highest BCUT2D eigenvalue weighted by Gasteiger charge is 2.56. The van der Waals surface area contributed by atoms with Crippen molar-refractivity contribution in [1.82, 2.24) is 0 Å². The van der Waals surface area contributed by atoms with Gasteiger partial charge >= 0.3 is 5.97 Å². The smallest absolute Gasteiger partial charge is 0.330 e. The summed E-state index contributed by atoms with van der Waals surface area (Å²) < 4.78 is 5.09. The SMILES string of the molecule is CC(C)(C)OC(=O)/C=C/C1C(C(=O)[O-])C1(C)C. The molecule has 0 N–H and O–H groups in total. The zero-order valence-electron chi connectivity index (χ0n) is 10.9. The Morgan fingerprint density at radius 2 is 1.82 bits per heavy atom. The van der Waals surface area contributed by atoms with E-state index in [2.05, 4.69) is 0 Å². The van der Waals surface area contributed by atoms with E-state index in [0.717, 1.165) is 0 Å². The number of carbonyl (C=O) groups is 2. The minimum atomic E-state index is -1.06. The molecule has 4 nitrogen and oxygen atoms in total. The molecule has 0 aliphatic heterocycles. The van der Waals surface area contributed by atoms with E-state index >= 15 is 0 Å². The van der Waals surface area contributed by atoms with Crippen LogP contribution in [0.5, 0.6) is 0 Å². The molecule has 1 aliphatic carbocycles. The Labute approximate surface area is 102 Å². The second kappa shape index (κ2) is 4.17. The minimum Gasteiger partial charge on any atom is -0.550 e. The van der Waals surface area contributed by atoms with Gasteiger partial charge < -0.3 is 14.6 Å². The van der Waals surface area contributed by atoms with Gasteiger partial charge in [-0.2, -0.15) is 0 Å². The van der Waals surface area contributed by atoms with E-state index < -0.39 is 23.5 Å². The summed E-state index contributed by atoms with van der Waals surface area (Å²) in [5, 5.41) is 10.8. The molecule has 96 valence electrons. The molecular formula is C13H19O4-. The van der Waals surface area contributed by atoms with Gasteiger partial charge in [0.2, 0.25) is 0 Å². The van der Waals surface area contributed by atoms with Gasteiger partial charge in [0.1, 0.15) is 5.60 Å². The molecule has 2 atom stereocenters. The van der Waals surface area contributed by atoms with E-state index in [9.17, 15) is 14.7 Å². The molecule has 0 bridgehead atoms. The molecule has 1 aliphatic rings. The molecule has 0 spiro atoms. The van der Waals surface area contributed by atoms with E-state index in [-0.39, 0.29) is 11.3 Å². The first kappa shape index (κ1) is 13.7.